The van der Waals surface area contributed by atoms with E-state index in [0.717, 1.165) is 12.2 Å². The van der Waals surface area contributed by atoms with Crippen LogP contribution in [0.3, 0.4) is 0 Å². The van der Waals surface area contributed by atoms with E-state index in [1.165, 1.54) is 0 Å². The fourth-order valence-corrected chi connectivity index (χ4v) is 0.464. The molecule has 0 aliphatic carbocycles. The molecule has 16 heavy (non-hydrogen) atoms. The van der Waals surface area contributed by atoms with Gasteiger partial charge in [-0.25, -0.2) is 9.59 Å². The Morgan fingerprint density at radius 3 is 2.06 bits per heavy atom. The highest BCUT2D eigenvalue weighted by molar-refractivity contribution is 5.93. The van der Waals surface area contributed by atoms with Crippen LogP contribution in [0.15, 0.2) is 49.6 Å². The van der Waals surface area contributed by atoms with Crippen molar-refractivity contribution in [1.82, 2.24) is 0 Å². The number of rotatable bonds is 5. The molecule has 0 heterocycles. The van der Waals surface area contributed by atoms with Gasteiger partial charge in [-0.15, -0.1) is 0 Å². The second-order valence-corrected chi connectivity index (χ2v) is 2.39. The highest BCUT2D eigenvalue weighted by atomic mass is 16.5. The fourth-order valence-electron chi connectivity index (χ4n) is 0.464. The Hall–Kier alpha value is -2.10. The van der Waals surface area contributed by atoms with Gasteiger partial charge in [0.25, 0.3) is 0 Å². The molecule has 0 saturated carbocycles. The molecule has 0 bridgehead atoms. The van der Waals surface area contributed by atoms with E-state index in [4.69, 9.17) is 5.11 Å². The summed E-state index contributed by atoms with van der Waals surface area (Å²) in [5.74, 6) is -1.73. The monoisotopic (exact) mass is 224 g/mol. The Bertz CT molecular complexity index is 294. The van der Waals surface area contributed by atoms with Gasteiger partial charge < -0.3 is 9.84 Å². The summed E-state index contributed by atoms with van der Waals surface area (Å²) in [5, 5.41) is 8.19. The van der Waals surface area contributed by atoms with E-state index >= 15 is 0 Å². The van der Waals surface area contributed by atoms with E-state index in [0.29, 0.717) is 0 Å². The molecule has 0 saturated heterocycles. The third-order valence-corrected chi connectivity index (χ3v) is 1.13. The maximum atomic E-state index is 10.8. The molecule has 0 spiro atoms. The van der Waals surface area contributed by atoms with Crippen LogP contribution < -0.4 is 0 Å². The first-order valence-corrected chi connectivity index (χ1v) is 4.50. The molecule has 1 N–H and O–H groups in total. The van der Waals surface area contributed by atoms with E-state index < -0.39 is 11.9 Å². The number of carbonyl (C=O) groups excluding carboxylic acids is 1. The van der Waals surface area contributed by atoms with E-state index in [-0.39, 0.29) is 12.2 Å². The van der Waals surface area contributed by atoms with Gasteiger partial charge >= 0.3 is 11.9 Å². The van der Waals surface area contributed by atoms with Crippen LogP contribution in [0, 0.1) is 0 Å². The predicted molar refractivity (Wildman–Crippen MR) is 62.9 cm³/mol. The average Bonchev–Trinajstić information content (AvgIpc) is 2.26. The molecule has 0 amide bonds. The Kier molecular flexibility index (Phi) is 11.2. The van der Waals surface area contributed by atoms with Crippen molar-refractivity contribution in [1.29, 1.82) is 0 Å². The number of aliphatic carboxylic acids is 1. The summed E-state index contributed by atoms with van der Waals surface area (Å²) in [4.78, 5) is 20.8. The molecule has 0 rings (SSSR count). The number of carboxylic acid groups (broad SMARTS) is 1. The molecule has 0 atom stereocenters. The molecular formula is C12H16O4. The topological polar surface area (TPSA) is 63.6 Å². The molecular weight excluding hydrogens is 208 g/mol. The zero-order valence-electron chi connectivity index (χ0n) is 9.31. The van der Waals surface area contributed by atoms with Crippen LogP contribution >= 0.6 is 0 Å². The van der Waals surface area contributed by atoms with Crippen LogP contribution in [0.5, 0.6) is 0 Å². The van der Waals surface area contributed by atoms with Crippen molar-refractivity contribution in [3.8, 4) is 0 Å². The van der Waals surface area contributed by atoms with Crippen molar-refractivity contribution in [3.63, 3.8) is 0 Å². The van der Waals surface area contributed by atoms with Gasteiger partial charge in [0, 0.05) is 6.08 Å². The minimum absolute atomic E-state index is 0.0271. The lowest BCUT2D eigenvalue weighted by Gasteiger charge is -1.98. The SMILES string of the molecule is C=C(C=CC(=O)O)C(=O)OCC.C=CC=C. The quantitative estimate of drug-likeness (QED) is 0.441. The normalized spacial score (nSPS) is 8.56. The molecule has 0 aliphatic rings. The van der Waals surface area contributed by atoms with E-state index in [1.54, 1.807) is 19.1 Å². The summed E-state index contributed by atoms with van der Waals surface area (Å²) in [6.07, 6.45) is 5.21. The number of hydrogen-bond acceptors (Lipinski definition) is 3. The second kappa shape index (κ2) is 11.0. The van der Waals surface area contributed by atoms with Gasteiger partial charge in [0.1, 0.15) is 0 Å². The molecule has 0 radical (unpaired) electrons. The van der Waals surface area contributed by atoms with Gasteiger partial charge in [0.2, 0.25) is 0 Å². The molecule has 0 aliphatic heterocycles. The summed E-state index contributed by atoms with van der Waals surface area (Å²) in [5.41, 5.74) is 0.0271. The Morgan fingerprint density at radius 2 is 1.75 bits per heavy atom. The highest BCUT2D eigenvalue weighted by Crippen LogP contribution is 1.96. The second-order valence-electron chi connectivity index (χ2n) is 2.39. The first kappa shape index (κ1) is 16.3. The van der Waals surface area contributed by atoms with Gasteiger partial charge in [0.05, 0.1) is 12.2 Å². The lowest BCUT2D eigenvalue weighted by Crippen LogP contribution is -2.05. The van der Waals surface area contributed by atoms with Crippen LogP contribution in [0.4, 0.5) is 0 Å². The van der Waals surface area contributed by atoms with Crippen LogP contribution in [0.25, 0.3) is 0 Å². The number of carbonyl (C=O) groups is 2. The van der Waals surface area contributed by atoms with Crippen LogP contribution in [-0.4, -0.2) is 23.7 Å². The average molecular weight is 224 g/mol. The third kappa shape index (κ3) is 11.9. The minimum atomic E-state index is -1.12. The third-order valence-electron chi connectivity index (χ3n) is 1.13. The van der Waals surface area contributed by atoms with Gasteiger partial charge in [-0.3, -0.25) is 0 Å². The van der Waals surface area contributed by atoms with Crippen molar-refractivity contribution in [2.45, 2.75) is 6.92 Å². The van der Waals surface area contributed by atoms with E-state index in [1.807, 2.05) is 0 Å². The largest absolute Gasteiger partial charge is 0.478 e. The molecule has 0 unspecified atom stereocenters. The summed E-state index contributed by atoms with van der Waals surface area (Å²) < 4.78 is 4.55. The molecule has 88 valence electrons. The number of ether oxygens (including phenoxy) is 1. The predicted octanol–water partition coefficient (Wildman–Crippen LogP) is 2.10. The van der Waals surface area contributed by atoms with Crippen molar-refractivity contribution in [3.05, 3.63) is 49.6 Å². The first-order chi connectivity index (χ1) is 7.49. The number of carboxylic acids is 1. The zero-order valence-corrected chi connectivity index (χ0v) is 9.31. The summed E-state index contributed by atoms with van der Waals surface area (Å²) in [7, 11) is 0. The van der Waals surface area contributed by atoms with Gasteiger partial charge in [-0.05, 0) is 13.0 Å². The van der Waals surface area contributed by atoms with E-state index in [2.05, 4.69) is 24.5 Å². The Balaban J connectivity index is 0. The van der Waals surface area contributed by atoms with Crippen LogP contribution in [0.1, 0.15) is 6.92 Å². The first-order valence-electron chi connectivity index (χ1n) is 4.50. The molecule has 0 aromatic heterocycles. The van der Waals surface area contributed by atoms with Gasteiger partial charge in [-0.1, -0.05) is 31.9 Å². The lowest BCUT2D eigenvalue weighted by molar-refractivity contribution is -0.138. The maximum absolute atomic E-state index is 10.8. The summed E-state index contributed by atoms with van der Waals surface area (Å²) in [6, 6.07) is 0. The smallest absolute Gasteiger partial charge is 0.337 e. The standard InChI is InChI=1S/C8H10O4.C4H6/c1-3-12-8(11)6(2)4-5-7(9)10;1-3-4-2/h4-5H,2-3H2,1H3,(H,9,10);3-4H,1-2H2. The van der Waals surface area contributed by atoms with Crippen LogP contribution in [-0.2, 0) is 14.3 Å². The minimum Gasteiger partial charge on any atom is -0.478 e. The fraction of sp³-hybridized carbons (Fsp3) is 0.167. The highest BCUT2D eigenvalue weighted by Gasteiger charge is 2.03. The van der Waals surface area contributed by atoms with Gasteiger partial charge in [0.15, 0.2) is 0 Å². The summed E-state index contributed by atoms with van der Waals surface area (Å²) >= 11 is 0. The van der Waals surface area contributed by atoms with Crippen LogP contribution in [0.2, 0.25) is 0 Å². The molecule has 0 aromatic carbocycles. The number of esters is 1. The molecule has 4 heteroatoms. The van der Waals surface area contributed by atoms with Crippen molar-refractivity contribution in [2.24, 2.45) is 0 Å². The van der Waals surface area contributed by atoms with Gasteiger partial charge in [-0.2, -0.15) is 0 Å². The molecule has 0 aromatic rings. The Labute approximate surface area is 95.2 Å². The maximum Gasteiger partial charge on any atom is 0.337 e. The molecule has 0 fully saturated rings. The zero-order chi connectivity index (χ0) is 13.0. The lowest BCUT2D eigenvalue weighted by atomic mass is 10.3. The van der Waals surface area contributed by atoms with Crippen molar-refractivity contribution in [2.75, 3.05) is 6.61 Å². The Morgan fingerprint density at radius 1 is 1.25 bits per heavy atom. The number of hydrogen-bond donors (Lipinski definition) is 1. The van der Waals surface area contributed by atoms with Crippen molar-refractivity contribution < 1.29 is 19.4 Å². The molecule has 4 nitrogen and oxygen atoms in total. The summed E-state index contributed by atoms with van der Waals surface area (Å²) in [6.45, 7) is 12.0. The number of allylic oxidation sites excluding steroid dienone is 2. The van der Waals surface area contributed by atoms with Crippen molar-refractivity contribution >= 4 is 11.9 Å². The van der Waals surface area contributed by atoms with E-state index in [9.17, 15) is 9.59 Å².